The third-order valence-electron chi connectivity index (χ3n) is 6.90. The zero-order valence-corrected chi connectivity index (χ0v) is 21.4. The third kappa shape index (κ3) is 4.55. The number of amides is 1. The Hall–Kier alpha value is -3.84. The van der Waals surface area contributed by atoms with Gasteiger partial charge in [-0.3, -0.25) is 14.3 Å². The van der Waals surface area contributed by atoms with Gasteiger partial charge in [0.15, 0.2) is 11.4 Å². The van der Waals surface area contributed by atoms with E-state index in [0.29, 0.717) is 48.9 Å². The van der Waals surface area contributed by atoms with Crippen molar-refractivity contribution in [1.29, 1.82) is 0 Å². The molecular weight excluding hydrogens is 500 g/mol. The predicted molar refractivity (Wildman–Crippen MR) is 132 cm³/mol. The molecule has 0 aliphatic carbocycles. The number of nitrogens with zero attached hydrogens (tertiary/aromatic N) is 6. The van der Waals surface area contributed by atoms with Gasteiger partial charge in [-0.05, 0) is 37.1 Å². The average molecular weight is 527 g/mol. The fourth-order valence-electron chi connectivity index (χ4n) is 4.37. The molecule has 1 aliphatic heterocycles. The van der Waals surface area contributed by atoms with Crippen molar-refractivity contribution in [3.8, 4) is 11.6 Å². The van der Waals surface area contributed by atoms with Crippen molar-refractivity contribution in [2.45, 2.75) is 30.1 Å². The number of benzene rings is 1. The highest BCUT2D eigenvalue weighted by atomic mass is 32.2. The van der Waals surface area contributed by atoms with Crippen LogP contribution in [0.2, 0.25) is 0 Å². The summed E-state index contributed by atoms with van der Waals surface area (Å²) in [5.41, 5.74) is 0.847. The number of hydrogen-bond donors (Lipinski definition) is 0. The lowest BCUT2D eigenvalue weighted by Gasteiger charge is -2.37. The maximum absolute atomic E-state index is 13.1. The van der Waals surface area contributed by atoms with Gasteiger partial charge in [0.1, 0.15) is 5.69 Å². The van der Waals surface area contributed by atoms with Crippen LogP contribution in [0.3, 0.4) is 0 Å². The molecular formula is C24H26N6O6S. The molecule has 4 heterocycles. The summed E-state index contributed by atoms with van der Waals surface area (Å²) in [6.07, 6.45) is 2.85. The summed E-state index contributed by atoms with van der Waals surface area (Å²) in [5.74, 6) is 0.0136. The zero-order chi connectivity index (χ0) is 26.4. The molecule has 194 valence electrons. The topological polar surface area (TPSA) is 145 Å². The lowest BCUT2D eigenvalue weighted by atomic mass is 9.79. The van der Waals surface area contributed by atoms with Gasteiger partial charge in [0.05, 0.1) is 17.0 Å². The van der Waals surface area contributed by atoms with Crippen molar-refractivity contribution in [2.24, 2.45) is 7.05 Å². The number of carbonyl (C=O) groups excluding carboxylic acids is 1. The minimum Gasteiger partial charge on any atom is -0.408 e. The number of sulfonamides is 1. The first-order valence-corrected chi connectivity index (χ1v) is 13.1. The van der Waals surface area contributed by atoms with Gasteiger partial charge in [-0.15, -0.1) is 0 Å². The monoisotopic (exact) mass is 526 g/mol. The van der Waals surface area contributed by atoms with Crippen LogP contribution in [-0.4, -0.2) is 69.9 Å². The molecule has 13 heteroatoms. The van der Waals surface area contributed by atoms with Crippen molar-refractivity contribution in [3.63, 3.8) is 0 Å². The molecule has 0 N–H and O–H groups in total. The van der Waals surface area contributed by atoms with Crippen LogP contribution < -0.4 is 5.76 Å². The van der Waals surface area contributed by atoms with Crippen molar-refractivity contribution in [1.82, 2.24) is 28.9 Å². The van der Waals surface area contributed by atoms with E-state index < -0.39 is 15.8 Å². The van der Waals surface area contributed by atoms with Crippen LogP contribution in [0.25, 0.3) is 22.7 Å². The number of piperidine rings is 1. The van der Waals surface area contributed by atoms with E-state index in [9.17, 15) is 18.0 Å². The second kappa shape index (κ2) is 9.23. The first kappa shape index (κ1) is 24.8. The maximum Gasteiger partial charge on any atom is 0.419 e. The van der Waals surface area contributed by atoms with Gasteiger partial charge in [0.25, 0.3) is 5.89 Å². The van der Waals surface area contributed by atoms with Crippen LogP contribution in [-0.2, 0) is 27.3 Å². The Labute approximate surface area is 212 Å². The SMILES string of the molecule is CN(CC(=O)N1CCC(C)(c2noc(-c3ccccn3)n2)CC1)S(=O)(=O)c1ccc2c(c1)oc(=O)n2C. The fraction of sp³-hybridized carbons (Fsp3) is 0.375. The van der Waals surface area contributed by atoms with Gasteiger partial charge < -0.3 is 13.8 Å². The highest BCUT2D eigenvalue weighted by Crippen LogP contribution is 2.34. The molecule has 1 fully saturated rings. The van der Waals surface area contributed by atoms with E-state index >= 15 is 0 Å². The van der Waals surface area contributed by atoms with Gasteiger partial charge in [0, 0.05) is 44.9 Å². The molecule has 0 bridgehead atoms. The van der Waals surface area contributed by atoms with E-state index in [1.165, 1.54) is 36.9 Å². The summed E-state index contributed by atoms with van der Waals surface area (Å²) in [6, 6.07) is 9.63. The minimum absolute atomic E-state index is 0.0586. The molecule has 37 heavy (non-hydrogen) atoms. The standard InChI is InChI=1S/C24H26N6O6S/c1-24(22-26-21(36-27-22)17-6-4-5-11-25-17)9-12-30(13-10-24)20(31)15-28(2)37(33,34)16-7-8-18-19(14-16)35-23(32)29(18)3/h4-8,11,14H,9-10,12-13,15H2,1-3H3. The minimum atomic E-state index is -3.98. The van der Waals surface area contributed by atoms with Gasteiger partial charge in [0.2, 0.25) is 15.9 Å². The highest BCUT2D eigenvalue weighted by molar-refractivity contribution is 7.89. The molecule has 1 aromatic carbocycles. The quantitative estimate of drug-likeness (QED) is 0.367. The average Bonchev–Trinajstić information content (AvgIpc) is 3.50. The number of pyridine rings is 1. The summed E-state index contributed by atoms with van der Waals surface area (Å²) in [5, 5.41) is 4.15. The van der Waals surface area contributed by atoms with E-state index in [0.717, 1.165) is 4.31 Å². The first-order valence-electron chi connectivity index (χ1n) is 11.7. The summed E-state index contributed by atoms with van der Waals surface area (Å²) >= 11 is 0. The number of hydrogen-bond acceptors (Lipinski definition) is 9. The van der Waals surface area contributed by atoms with E-state index in [-0.39, 0.29) is 28.3 Å². The Morgan fingerprint density at radius 1 is 1.19 bits per heavy atom. The molecule has 4 aromatic rings. The molecule has 0 atom stereocenters. The Kier molecular flexibility index (Phi) is 6.20. The Bertz CT molecular complexity index is 1620. The number of oxazole rings is 1. The van der Waals surface area contributed by atoms with Crippen LogP contribution in [0.4, 0.5) is 0 Å². The van der Waals surface area contributed by atoms with Crippen LogP contribution in [0.5, 0.6) is 0 Å². The number of likely N-dealkylation sites (N-methyl/N-ethyl adjacent to an activating group) is 1. The van der Waals surface area contributed by atoms with Crippen molar-refractivity contribution in [2.75, 3.05) is 26.7 Å². The predicted octanol–water partition coefficient (Wildman–Crippen LogP) is 1.78. The summed E-state index contributed by atoms with van der Waals surface area (Å²) in [7, 11) is -1.09. The van der Waals surface area contributed by atoms with Gasteiger partial charge in [-0.25, -0.2) is 13.2 Å². The molecule has 0 radical (unpaired) electrons. The van der Waals surface area contributed by atoms with Gasteiger partial charge in [-0.1, -0.05) is 18.1 Å². The molecule has 1 aliphatic rings. The Morgan fingerprint density at radius 3 is 2.65 bits per heavy atom. The molecule has 3 aromatic heterocycles. The summed E-state index contributed by atoms with van der Waals surface area (Å²) in [4.78, 5) is 35.1. The van der Waals surface area contributed by atoms with Crippen LogP contribution >= 0.6 is 0 Å². The molecule has 0 spiro atoms. The maximum atomic E-state index is 13.1. The number of likely N-dealkylation sites (tertiary alicyclic amines) is 1. The molecule has 1 saturated heterocycles. The third-order valence-corrected chi connectivity index (χ3v) is 8.70. The molecule has 0 saturated carbocycles. The first-order chi connectivity index (χ1) is 17.6. The summed E-state index contributed by atoms with van der Waals surface area (Å²) < 4.78 is 39.0. The number of aromatic nitrogens is 4. The highest BCUT2D eigenvalue weighted by Gasteiger charge is 2.38. The second-order valence-electron chi connectivity index (χ2n) is 9.40. The lowest BCUT2D eigenvalue weighted by molar-refractivity contribution is -0.132. The van der Waals surface area contributed by atoms with E-state index in [1.807, 2.05) is 13.0 Å². The number of rotatable bonds is 6. The smallest absolute Gasteiger partial charge is 0.408 e. The van der Waals surface area contributed by atoms with Gasteiger partial charge >= 0.3 is 5.76 Å². The normalized spacial score (nSPS) is 15.9. The molecule has 1 amide bonds. The van der Waals surface area contributed by atoms with Crippen molar-refractivity contribution < 1.29 is 22.2 Å². The van der Waals surface area contributed by atoms with Crippen molar-refractivity contribution >= 4 is 27.0 Å². The van der Waals surface area contributed by atoms with E-state index in [2.05, 4.69) is 15.1 Å². The number of aryl methyl sites for hydroxylation is 1. The molecule has 0 unspecified atom stereocenters. The largest absolute Gasteiger partial charge is 0.419 e. The lowest BCUT2D eigenvalue weighted by Crippen LogP contribution is -2.48. The Morgan fingerprint density at radius 2 is 1.95 bits per heavy atom. The Balaban J connectivity index is 1.23. The zero-order valence-electron chi connectivity index (χ0n) is 20.6. The van der Waals surface area contributed by atoms with Crippen molar-refractivity contribution in [3.05, 3.63) is 59.0 Å². The number of fused-ring (bicyclic) bond motifs is 1. The van der Waals surface area contributed by atoms with E-state index in [1.54, 1.807) is 23.2 Å². The molecule has 5 rings (SSSR count). The fourth-order valence-corrected chi connectivity index (χ4v) is 5.50. The van der Waals surface area contributed by atoms with Crippen LogP contribution in [0, 0.1) is 0 Å². The van der Waals surface area contributed by atoms with Crippen LogP contribution in [0.1, 0.15) is 25.6 Å². The molecule has 12 nitrogen and oxygen atoms in total. The van der Waals surface area contributed by atoms with Crippen LogP contribution in [0.15, 0.2) is 61.2 Å². The number of carbonyl (C=O) groups is 1. The summed E-state index contributed by atoms with van der Waals surface area (Å²) in [6.45, 7) is 2.56. The van der Waals surface area contributed by atoms with E-state index in [4.69, 9.17) is 8.94 Å². The van der Waals surface area contributed by atoms with Gasteiger partial charge in [-0.2, -0.15) is 9.29 Å². The second-order valence-corrected chi connectivity index (χ2v) is 11.4.